The van der Waals surface area contributed by atoms with Gasteiger partial charge in [0.1, 0.15) is 17.3 Å². The molecule has 22 heavy (non-hydrogen) atoms. The Balaban J connectivity index is 2.32. The zero-order chi connectivity index (χ0) is 16.4. The van der Waals surface area contributed by atoms with Crippen molar-refractivity contribution in [1.82, 2.24) is 4.90 Å². The first-order valence-corrected chi connectivity index (χ1v) is 7.56. The fraction of sp³-hybridized carbons (Fsp3) is 0.312. The van der Waals surface area contributed by atoms with Gasteiger partial charge in [0.2, 0.25) is 0 Å². The highest BCUT2D eigenvalue weighted by Gasteiger charge is 2.23. The van der Waals surface area contributed by atoms with E-state index in [9.17, 15) is 9.18 Å². The van der Waals surface area contributed by atoms with Crippen LogP contribution < -0.4 is 0 Å². The first-order chi connectivity index (χ1) is 10.3. The Hall–Kier alpha value is -1.52. The van der Waals surface area contributed by atoms with Crippen molar-refractivity contribution in [3.63, 3.8) is 0 Å². The molecule has 1 heterocycles. The second-order valence-electron chi connectivity index (χ2n) is 5.29. The number of halogens is 3. The number of carbonyl (C=O) groups excluding carboxylic acids is 1. The Labute approximate surface area is 138 Å². The normalized spacial score (nSPS) is 11.0. The van der Waals surface area contributed by atoms with Gasteiger partial charge < -0.3 is 9.32 Å². The Kier molecular flexibility index (Phi) is 5.14. The first kappa shape index (κ1) is 16.8. The Morgan fingerprint density at radius 1 is 1.27 bits per heavy atom. The van der Waals surface area contributed by atoms with Crippen LogP contribution in [0.5, 0.6) is 0 Å². The summed E-state index contributed by atoms with van der Waals surface area (Å²) in [6.07, 6.45) is 0. The zero-order valence-corrected chi connectivity index (χ0v) is 14.0. The predicted molar refractivity (Wildman–Crippen MR) is 84.9 cm³/mol. The number of carbonyl (C=O) groups is 1. The van der Waals surface area contributed by atoms with E-state index < -0.39 is 5.82 Å². The highest BCUT2D eigenvalue weighted by atomic mass is 35.5. The SMILES string of the molecule is Cc1ccc(CN(C(=O)c2cc(F)c(Cl)cc2Cl)C(C)C)o1. The van der Waals surface area contributed by atoms with Crippen molar-refractivity contribution in [2.45, 2.75) is 33.4 Å². The summed E-state index contributed by atoms with van der Waals surface area (Å²) < 4.78 is 19.1. The monoisotopic (exact) mass is 343 g/mol. The molecule has 6 heteroatoms. The lowest BCUT2D eigenvalue weighted by Gasteiger charge is -2.26. The van der Waals surface area contributed by atoms with E-state index in [4.69, 9.17) is 27.6 Å². The molecule has 0 N–H and O–H groups in total. The Morgan fingerprint density at radius 2 is 1.95 bits per heavy atom. The lowest BCUT2D eigenvalue weighted by atomic mass is 10.1. The first-order valence-electron chi connectivity index (χ1n) is 6.80. The lowest BCUT2D eigenvalue weighted by Crippen LogP contribution is -2.36. The molecular formula is C16H16Cl2FNO2. The molecule has 0 saturated carbocycles. The van der Waals surface area contributed by atoms with E-state index in [2.05, 4.69) is 0 Å². The predicted octanol–water partition coefficient (Wildman–Crippen LogP) is 5.08. The number of hydrogen-bond donors (Lipinski definition) is 0. The quantitative estimate of drug-likeness (QED) is 0.725. The molecule has 0 aliphatic heterocycles. The van der Waals surface area contributed by atoms with Crippen molar-refractivity contribution < 1.29 is 13.6 Å². The topological polar surface area (TPSA) is 33.5 Å². The van der Waals surface area contributed by atoms with Crippen molar-refractivity contribution in [3.05, 3.63) is 57.2 Å². The minimum Gasteiger partial charge on any atom is -0.464 e. The van der Waals surface area contributed by atoms with Gasteiger partial charge >= 0.3 is 0 Å². The van der Waals surface area contributed by atoms with Crippen LogP contribution in [-0.2, 0) is 6.54 Å². The molecule has 0 fully saturated rings. The summed E-state index contributed by atoms with van der Waals surface area (Å²) in [5.74, 6) is 0.378. The van der Waals surface area contributed by atoms with Crippen molar-refractivity contribution in [2.24, 2.45) is 0 Å². The van der Waals surface area contributed by atoms with Crippen LogP contribution in [0.4, 0.5) is 4.39 Å². The maximum atomic E-state index is 13.6. The van der Waals surface area contributed by atoms with E-state index in [0.717, 1.165) is 11.8 Å². The van der Waals surface area contributed by atoms with Crippen molar-refractivity contribution in [1.29, 1.82) is 0 Å². The van der Waals surface area contributed by atoms with Crippen LogP contribution in [0.25, 0.3) is 0 Å². The largest absolute Gasteiger partial charge is 0.464 e. The molecule has 0 aliphatic rings. The van der Waals surface area contributed by atoms with Crippen LogP contribution >= 0.6 is 23.2 Å². The van der Waals surface area contributed by atoms with E-state index in [0.29, 0.717) is 5.76 Å². The van der Waals surface area contributed by atoms with Gasteiger partial charge in [-0.15, -0.1) is 0 Å². The van der Waals surface area contributed by atoms with E-state index >= 15 is 0 Å². The summed E-state index contributed by atoms with van der Waals surface area (Å²) in [5.41, 5.74) is 0.0838. The van der Waals surface area contributed by atoms with Crippen molar-refractivity contribution in [2.75, 3.05) is 0 Å². The van der Waals surface area contributed by atoms with Crippen LogP contribution in [0, 0.1) is 12.7 Å². The van der Waals surface area contributed by atoms with Gasteiger partial charge in [-0.2, -0.15) is 0 Å². The molecule has 0 atom stereocenters. The minimum atomic E-state index is -0.674. The molecule has 1 aromatic carbocycles. The highest BCUT2D eigenvalue weighted by molar-refractivity contribution is 6.36. The van der Waals surface area contributed by atoms with Gasteiger partial charge in [0.05, 0.1) is 22.2 Å². The lowest BCUT2D eigenvalue weighted by molar-refractivity contribution is 0.0675. The van der Waals surface area contributed by atoms with Crippen LogP contribution in [0.2, 0.25) is 10.0 Å². The van der Waals surface area contributed by atoms with Crippen molar-refractivity contribution in [3.8, 4) is 0 Å². The Morgan fingerprint density at radius 3 is 2.50 bits per heavy atom. The van der Waals surface area contributed by atoms with Gasteiger partial charge in [0.15, 0.2) is 0 Å². The standard InChI is InChI=1S/C16H16Cl2FNO2/c1-9(2)20(8-11-5-4-10(3)22-11)16(21)12-6-15(19)14(18)7-13(12)17/h4-7,9H,8H2,1-3H3. The van der Waals surface area contributed by atoms with Gasteiger partial charge in [0.25, 0.3) is 5.91 Å². The van der Waals surface area contributed by atoms with Crippen molar-refractivity contribution >= 4 is 29.1 Å². The van der Waals surface area contributed by atoms with Crippen LogP contribution in [0.3, 0.4) is 0 Å². The minimum absolute atomic E-state index is 0.0838. The fourth-order valence-corrected chi connectivity index (χ4v) is 2.53. The van der Waals surface area contributed by atoms with E-state index in [1.54, 1.807) is 4.90 Å². The number of amides is 1. The number of nitrogens with zero attached hydrogens (tertiary/aromatic N) is 1. The molecule has 1 aromatic heterocycles. The van der Waals surface area contributed by atoms with Gasteiger partial charge in [-0.05, 0) is 45.0 Å². The number of aryl methyl sites for hydroxylation is 1. The molecule has 0 spiro atoms. The summed E-state index contributed by atoms with van der Waals surface area (Å²) in [6.45, 7) is 5.85. The van der Waals surface area contributed by atoms with Gasteiger partial charge in [-0.25, -0.2) is 4.39 Å². The maximum absolute atomic E-state index is 13.6. The molecule has 0 saturated heterocycles. The average molecular weight is 344 g/mol. The smallest absolute Gasteiger partial charge is 0.256 e. The third kappa shape index (κ3) is 3.62. The third-order valence-corrected chi connectivity index (χ3v) is 3.85. The summed E-state index contributed by atoms with van der Waals surface area (Å²) >= 11 is 11.7. The molecule has 2 aromatic rings. The van der Waals surface area contributed by atoms with E-state index in [1.807, 2.05) is 32.9 Å². The van der Waals surface area contributed by atoms with Crippen LogP contribution in [0.15, 0.2) is 28.7 Å². The molecular weight excluding hydrogens is 328 g/mol. The highest BCUT2D eigenvalue weighted by Crippen LogP contribution is 2.26. The number of rotatable bonds is 4. The second-order valence-corrected chi connectivity index (χ2v) is 6.10. The number of furan rings is 1. The summed E-state index contributed by atoms with van der Waals surface area (Å²) in [4.78, 5) is 14.2. The molecule has 2 rings (SSSR count). The zero-order valence-electron chi connectivity index (χ0n) is 12.5. The van der Waals surface area contributed by atoms with E-state index in [1.165, 1.54) is 6.07 Å². The maximum Gasteiger partial charge on any atom is 0.256 e. The molecule has 0 aliphatic carbocycles. The Bertz CT molecular complexity index is 697. The summed E-state index contributed by atoms with van der Waals surface area (Å²) in [7, 11) is 0. The second kappa shape index (κ2) is 6.71. The van der Waals surface area contributed by atoms with Crippen LogP contribution in [-0.4, -0.2) is 16.8 Å². The van der Waals surface area contributed by atoms with E-state index in [-0.39, 0.29) is 34.1 Å². The summed E-state index contributed by atoms with van der Waals surface area (Å²) in [5, 5.41) is 0.0111. The fourth-order valence-electron chi connectivity index (χ4n) is 2.07. The molecule has 0 bridgehead atoms. The summed E-state index contributed by atoms with van der Waals surface area (Å²) in [6, 6.07) is 5.83. The third-order valence-electron chi connectivity index (χ3n) is 3.25. The van der Waals surface area contributed by atoms with Gasteiger partial charge in [-0.1, -0.05) is 23.2 Å². The molecule has 0 unspecified atom stereocenters. The number of benzene rings is 1. The van der Waals surface area contributed by atoms with Gasteiger partial charge in [0, 0.05) is 6.04 Å². The van der Waals surface area contributed by atoms with Gasteiger partial charge in [-0.3, -0.25) is 4.79 Å². The number of hydrogen-bond acceptors (Lipinski definition) is 2. The molecule has 118 valence electrons. The molecule has 1 amide bonds. The molecule has 0 radical (unpaired) electrons. The average Bonchev–Trinajstić information content (AvgIpc) is 2.84. The van der Waals surface area contributed by atoms with Crippen LogP contribution in [0.1, 0.15) is 35.7 Å². The molecule has 3 nitrogen and oxygen atoms in total.